The predicted molar refractivity (Wildman–Crippen MR) is 93.8 cm³/mol. The van der Waals surface area contributed by atoms with Gasteiger partial charge >= 0.3 is 0 Å². The van der Waals surface area contributed by atoms with Crippen molar-refractivity contribution >= 4 is 84.9 Å². The molecular weight excluding hydrogens is 328 g/mol. The van der Waals surface area contributed by atoms with E-state index in [1.165, 1.54) is 38.0 Å². The van der Waals surface area contributed by atoms with E-state index in [0.717, 1.165) is 0 Å². The van der Waals surface area contributed by atoms with Gasteiger partial charge in [0.05, 0.1) is 9.40 Å². The van der Waals surface area contributed by atoms with Crippen molar-refractivity contribution < 1.29 is 0 Å². The Morgan fingerprint density at radius 1 is 0.579 bits per heavy atom. The molecule has 0 aromatic carbocycles. The maximum Gasteiger partial charge on any atom is 0.0636 e. The van der Waals surface area contributed by atoms with Crippen molar-refractivity contribution in [1.82, 2.24) is 0 Å². The van der Waals surface area contributed by atoms with Crippen molar-refractivity contribution in [3.8, 4) is 9.75 Å². The minimum Gasteiger partial charge on any atom is -0.143 e. The number of hydrogen-bond donors (Lipinski definition) is 0. The average molecular weight is 335 g/mol. The molecule has 0 radical (unpaired) electrons. The van der Waals surface area contributed by atoms with Gasteiger partial charge in [-0.05, 0) is 35.0 Å². The summed E-state index contributed by atoms with van der Waals surface area (Å²) in [6.07, 6.45) is 0. The summed E-state index contributed by atoms with van der Waals surface area (Å²) < 4.78 is 8.65. The van der Waals surface area contributed by atoms with Gasteiger partial charge < -0.3 is 0 Å². The second kappa shape index (κ2) is 3.90. The van der Waals surface area contributed by atoms with Gasteiger partial charge in [-0.3, -0.25) is 0 Å². The SMILES string of the molecule is c1cc2sc(-c3cc4sc5ccsc5c4s3)cc2s1. The summed E-state index contributed by atoms with van der Waals surface area (Å²) in [5, 5.41) is 4.37. The van der Waals surface area contributed by atoms with Crippen LogP contribution in [0.3, 0.4) is 0 Å². The summed E-state index contributed by atoms with van der Waals surface area (Å²) in [7, 11) is 0. The Kier molecular flexibility index (Phi) is 2.26. The molecule has 0 saturated heterocycles. The van der Waals surface area contributed by atoms with E-state index in [-0.39, 0.29) is 0 Å². The smallest absolute Gasteiger partial charge is 0.0636 e. The molecule has 5 aromatic heterocycles. The molecule has 0 fully saturated rings. The highest BCUT2D eigenvalue weighted by atomic mass is 32.1. The van der Waals surface area contributed by atoms with Crippen LogP contribution in [0, 0.1) is 0 Å². The van der Waals surface area contributed by atoms with E-state index in [9.17, 15) is 0 Å². The minimum absolute atomic E-state index is 1.41. The average Bonchev–Trinajstić information content (AvgIpc) is 3.10. The van der Waals surface area contributed by atoms with E-state index >= 15 is 0 Å². The van der Waals surface area contributed by atoms with Gasteiger partial charge in [-0.1, -0.05) is 0 Å². The number of rotatable bonds is 1. The van der Waals surface area contributed by atoms with Crippen molar-refractivity contribution in [2.24, 2.45) is 0 Å². The second-order valence-corrected chi connectivity index (χ2v) is 9.36. The van der Waals surface area contributed by atoms with E-state index in [1.807, 2.05) is 56.7 Å². The largest absolute Gasteiger partial charge is 0.143 e. The van der Waals surface area contributed by atoms with Crippen LogP contribution < -0.4 is 0 Å². The van der Waals surface area contributed by atoms with Crippen LogP contribution >= 0.6 is 56.7 Å². The van der Waals surface area contributed by atoms with E-state index < -0.39 is 0 Å². The summed E-state index contributed by atoms with van der Waals surface area (Å²) in [5.74, 6) is 0. The van der Waals surface area contributed by atoms with Gasteiger partial charge in [0.15, 0.2) is 0 Å². The van der Waals surface area contributed by atoms with Gasteiger partial charge in [-0.25, -0.2) is 0 Å². The molecule has 0 unspecified atom stereocenters. The fraction of sp³-hybridized carbons (Fsp3) is 0. The second-order valence-electron chi connectivity index (χ2n) is 4.28. The van der Waals surface area contributed by atoms with Gasteiger partial charge in [0, 0.05) is 28.6 Å². The first-order valence-electron chi connectivity index (χ1n) is 5.75. The topological polar surface area (TPSA) is 0 Å². The van der Waals surface area contributed by atoms with E-state index in [4.69, 9.17) is 0 Å². The Balaban J connectivity index is 1.79. The summed E-state index contributed by atoms with van der Waals surface area (Å²) >= 11 is 9.48. The molecule has 0 saturated carbocycles. The molecule has 0 N–H and O–H groups in total. The highest BCUT2D eigenvalue weighted by Crippen LogP contribution is 2.47. The maximum absolute atomic E-state index is 2.37. The molecule has 0 aliphatic carbocycles. The summed E-state index contributed by atoms with van der Waals surface area (Å²) in [6.45, 7) is 0. The highest BCUT2D eigenvalue weighted by Gasteiger charge is 2.13. The van der Waals surface area contributed by atoms with Crippen LogP contribution in [-0.4, -0.2) is 0 Å². The predicted octanol–water partition coefficient (Wildman–Crippen LogP) is 7.12. The lowest BCUT2D eigenvalue weighted by molar-refractivity contribution is 2.07. The normalized spacial score (nSPS) is 12.2. The minimum atomic E-state index is 1.41. The van der Waals surface area contributed by atoms with Crippen LogP contribution in [0.4, 0.5) is 0 Å². The lowest BCUT2D eigenvalue weighted by atomic mass is 10.3. The summed E-state index contributed by atoms with van der Waals surface area (Å²) in [5.41, 5.74) is 0. The number of thiophene rings is 5. The zero-order chi connectivity index (χ0) is 12.4. The molecule has 0 aliphatic heterocycles. The lowest BCUT2D eigenvalue weighted by Gasteiger charge is -1.87. The fourth-order valence-corrected chi connectivity index (χ4v) is 8.23. The van der Waals surface area contributed by atoms with E-state index in [0.29, 0.717) is 0 Å². The molecule has 0 atom stereocenters. The fourth-order valence-electron chi connectivity index (χ4n) is 2.28. The molecular formula is C14H6S5. The molecule has 92 valence electrons. The third-order valence-corrected chi connectivity index (χ3v) is 9.00. The molecule has 0 spiro atoms. The lowest BCUT2D eigenvalue weighted by Crippen LogP contribution is -1.57. The Morgan fingerprint density at radius 3 is 2.32 bits per heavy atom. The van der Waals surface area contributed by atoms with Crippen LogP contribution in [0.5, 0.6) is 0 Å². The third kappa shape index (κ3) is 1.53. The van der Waals surface area contributed by atoms with Crippen molar-refractivity contribution in [3.05, 3.63) is 35.0 Å². The van der Waals surface area contributed by atoms with E-state index in [1.54, 1.807) is 0 Å². The molecule has 5 heteroatoms. The number of fused-ring (bicyclic) bond motifs is 4. The first-order valence-corrected chi connectivity index (χ1v) is 9.96. The summed E-state index contributed by atoms with van der Waals surface area (Å²) in [4.78, 5) is 2.84. The first-order chi connectivity index (χ1) is 9.38. The molecule has 5 aromatic rings. The van der Waals surface area contributed by atoms with E-state index in [2.05, 4.69) is 35.0 Å². The van der Waals surface area contributed by atoms with Crippen LogP contribution in [0.1, 0.15) is 0 Å². The van der Waals surface area contributed by atoms with Gasteiger partial charge in [-0.2, -0.15) is 0 Å². The molecule has 5 heterocycles. The maximum atomic E-state index is 2.37. The van der Waals surface area contributed by atoms with Crippen LogP contribution in [-0.2, 0) is 0 Å². The van der Waals surface area contributed by atoms with Crippen LogP contribution in [0.25, 0.3) is 38.0 Å². The number of hydrogen-bond acceptors (Lipinski definition) is 5. The zero-order valence-electron chi connectivity index (χ0n) is 9.51. The van der Waals surface area contributed by atoms with Crippen molar-refractivity contribution in [2.75, 3.05) is 0 Å². The van der Waals surface area contributed by atoms with Gasteiger partial charge in [0.25, 0.3) is 0 Å². The molecule has 0 amide bonds. The van der Waals surface area contributed by atoms with Crippen molar-refractivity contribution in [1.29, 1.82) is 0 Å². The monoisotopic (exact) mass is 334 g/mol. The molecule has 0 aliphatic rings. The van der Waals surface area contributed by atoms with Gasteiger partial charge in [0.2, 0.25) is 0 Å². The van der Waals surface area contributed by atoms with Crippen LogP contribution in [0.15, 0.2) is 35.0 Å². The first kappa shape index (κ1) is 11.0. The Hall–Kier alpha value is -0.720. The molecule has 5 rings (SSSR count). The third-order valence-electron chi connectivity index (χ3n) is 3.14. The Bertz CT molecular complexity index is 988. The Labute approximate surface area is 129 Å². The highest BCUT2D eigenvalue weighted by molar-refractivity contribution is 7.40. The van der Waals surface area contributed by atoms with Crippen molar-refractivity contribution in [2.45, 2.75) is 0 Å². The van der Waals surface area contributed by atoms with Gasteiger partial charge in [-0.15, -0.1) is 56.7 Å². The Morgan fingerprint density at radius 2 is 1.37 bits per heavy atom. The molecule has 0 nitrogen and oxygen atoms in total. The summed E-state index contributed by atoms with van der Waals surface area (Å²) in [6, 6.07) is 9.16. The van der Waals surface area contributed by atoms with Crippen molar-refractivity contribution in [3.63, 3.8) is 0 Å². The standard InChI is InChI=1S/C14H6S5/c1-3-15-9-5-10(17-7(1)9)11-6-12-14(19-11)13-8(18-12)2-4-16-13/h1-6H. The van der Waals surface area contributed by atoms with Gasteiger partial charge in [0.1, 0.15) is 0 Å². The quantitative estimate of drug-likeness (QED) is 0.306. The zero-order valence-corrected chi connectivity index (χ0v) is 13.6. The molecule has 0 bridgehead atoms. The molecule has 19 heavy (non-hydrogen) atoms. The van der Waals surface area contributed by atoms with Crippen LogP contribution in [0.2, 0.25) is 0 Å².